The first kappa shape index (κ1) is 18.9. The van der Waals surface area contributed by atoms with Gasteiger partial charge in [0.2, 0.25) is 0 Å². The summed E-state index contributed by atoms with van der Waals surface area (Å²) in [6.07, 6.45) is 4.71. The van der Waals surface area contributed by atoms with Crippen LogP contribution >= 0.6 is 0 Å². The van der Waals surface area contributed by atoms with Gasteiger partial charge in [0.05, 0.1) is 0 Å². The minimum absolute atomic E-state index is 0.0197. The Morgan fingerprint density at radius 2 is 1.85 bits per heavy atom. The summed E-state index contributed by atoms with van der Waals surface area (Å²) in [5.74, 6) is 0.273. The lowest BCUT2D eigenvalue weighted by Crippen LogP contribution is -2.56. The van der Waals surface area contributed by atoms with Gasteiger partial charge in [0, 0.05) is 35.8 Å². The summed E-state index contributed by atoms with van der Waals surface area (Å²) in [5.41, 5.74) is 1.29. The second kappa shape index (κ2) is 7.37. The standard InChI is InChI=1S/C21H30N2O3/c1-14-7-5-8-16(22-14)13-19(24)15-11-17-9-6-10-18(12-15)23(17)20(25)26-21(2,3)4/h5,7-8,15,17-18H,6,9-13H2,1-4H3. The maximum Gasteiger partial charge on any atom is 0.410 e. The first-order valence-corrected chi connectivity index (χ1v) is 9.69. The van der Waals surface area contributed by atoms with Crippen molar-refractivity contribution < 1.29 is 14.3 Å². The molecule has 142 valence electrons. The molecule has 2 saturated heterocycles. The fourth-order valence-corrected chi connectivity index (χ4v) is 4.28. The minimum Gasteiger partial charge on any atom is -0.444 e. The van der Waals surface area contributed by atoms with E-state index in [0.29, 0.717) is 6.42 Å². The van der Waals surface area contributed by atoms with Crippen LogP contribution in [0.3, 0.4) is 0 Å². The van der Waals surface area contributed by atoms with E-state index in [-0.39, 0.29) is 29.9 Å². The van der Waals surface area contributed by atoms with E-state index in [1.807, 2.05) is 50.8 Å². The molecule has 2 fully saturated rings. The van der Waals surface area contributed by atoms with E-state index >= 15 is 0 Å². The zero-order chi connectivity index (χ0) is 18.9. The van der Waals surface area contributed by atoms with Gasteiger partial charge < -0.3 is 9.64 Å². The Labute approximate surface area is 156 Å². The number of nitrogens with zero attached hydrogens (tertiary/aromatic N) is 2. The number of hydrogen-bond donors (Lipinski definition) is 0. The fraction of sp³-hybridized carbons (Fsp3) is 0.667. The van der Waals surface area contributed by atoms with Crippen LogP contribution in [0.1, 0.15) is 64.3 Å². The van der Waals surface area contributed by atoms with Crippen LogP contribution in [0, 0.1) is 12.8 Å². The number of fused-ring (bicyclic) bond motifs is 2. The Morgan fingerprint density at radius 1 is 1.19 bits per heavy atom. The second-order valence-electron chi connectivity index (χ2n) is 8.71. The van der Waals surface area contributed by atoms with Crippen LogP contribution < -0.4 is 0 Å². The number of amides is 1. The van der Waals surface area contributed by atoms with Crippen molar-refractivity contribution >= 4 is 11.9 Å². The summed E-state index contributed by atoms with van der Waals surface area (Å²) < 4.78 is 5.61. The normalized spacial score (nSPS) is 25.7. The quantitative estimate of drug-likeness (QED) is 0.817. The van der Waals surface area contributed by atoms with Gasteiger partial charge in [-0.3, -0.25) is 9.78 Å². The molecule has 2 aliphatic rings. The molecule has 5 nitrogen and oxygen atoms in total. The predicted molar refractivity (Wildman–Crippen MR) is 99.9 cm³/mol. The summed E-state index contributed by atoms with van der Waals surface area (Å²) in [7, 11) is 0. The van der Waals surface area contributed by atoms with E-state index in [4.69, 9.17) is 4.74 Å². The number of carbonyl (C=O) groups is 2. The van der Waals surface area contributed by atoms with Crippen molar-refractivity contribution in [2.75, 3.05) is 0 Å². The molecule has 0 spiro atoms. The van der Waals surface area contributed by atoms with Gasteiger partial charge in [0.1, 0.15) is 11.4 Å². The number of aryl methyl sites for hydroxylation is 1. The van der Waals surface area contributed by atoms with Gasteiger partial charge in [-0.05, 0) is 71.9 Å². The molecule has 0 aliphatic carbocycles. The third-order valence-corrected chi connectivity index (χ3v) is 5.34. The average Bonchev–Trinajstić information content (AvgIpc) is 2.51. The Hall–Kier alpha value is -1.91. The molecule has 1 amide bonds. The molecule has 2 bridgehead atoms. The molecular weight excluding hydrogens is 328 g/mol. The van der Waals surface area contributed by atoms with Gasteiger partial charge in [0.15, 0.2) is 0 Å². The van der Waals surface area contributed by atoms with Crippen molar-refractivity contribution in [3.8, 4) is 0 Å². The first-order chi connectivity index (χ1) is 12.2. The molecule has 26 heavy (non-hydrogen) atoms. The number of ketones is 1. The molecule has 1 aromatic rings. The van der Waals surface area contributed by atoms with Crippen molar-refractivity contribution in [2.24, 2.45) is 5.92 Å². The smallest absolute Gasteiger partial charge is 0.410 e. The van der Waals surface area contributed by atoms with Crippen LogP contribution in [0.25, 0.3) is 0 Å². The van der Waals surface area contributed by atoms with Crippen molar-refractivity contribution in [3.63, 3.8) is 0 Å². The summed E-state index contributed by atoms with van der Waals surface area (Å²) in [6.45, 7) is 7.63. The number of pyridine rings is 1. The largest absolute Gasteiger partial charge is 0.444 e. The highest BCUT2D eigenvalue weighted by Crippen LogP contribution is 2.38. The molecule has 1 aromatic heterocycles. The Bertz CT molecular complexity index is 666. The van der Waals surface area contributed by atoms with E-state index in [1.54, 1.807) is 0 Å². The Morgan fingerprint density at radius 3 is 2.42 bits per heavy atom. The van der Waals surface area contributed by atoms with Crippen LogP contribution in [0.5, 0.6) is 0 Å². The molecular formula is C21H30N2O3. The van der Waals surface area contributed by atoms with Crippen LogP contribution in [0.15, 0.2) is 18.2 Å². The molecule has 0 saturated carbocycles. The van der Waals surface area contributed by atoms with E-state index in [0.717, 1.165) is 43.5 Å². The van der Waals surface area contributed by atoms with Gasteiger partial charge in [-0.2, -0.15) is 0 Å². The van der Waals surface area contributed by atoms with Gasteiger partial charge in [-0.15, -0.1) is 0 Å². The van der Waals surface area contributed by atoms with E-state index in [1.165, 1.54) is 0 Å². The zero-order valence-corrected chi connectivity index (χ0v) is 16.3. The van der Waals surface area contributed by atoms with Gasteiger partial charge >= 0.3 is 6.09 Å². The monoisotopic (exact) mass is 358 g/mol. The molecule has 2 unspecified atom stereocenters. The fourth-order valence-electron chi connectivity index (χ4n) is 4.28. The molecule has 0 N–H and O–H groups in total. The molecule has 5 heteroatoms. The molecule has 2 atom stereocenters. The number of ether oxygens (including phenoxy) is 1. The lowest BCUT2D eigenvalue weighted by Gasteiger charge is -2.48. The summed E-state index contributed by atoms with van der Waals surface area (Å²) in [6, 6.07) is 6.05. The molecule has 2 aliphatic heterocycles. The highest BCUT2D eigenvalue weighted by atomic mass is 16.6. The maximum atomic E-state index is 12.8. The van der Waals surface area contributed by atoms with Crippen molar-refractivity contribution in [1.82, 2.24) is 9.88 Å². The van der Waals surface area contributed by atoms with Crippen LogP contribution in [-0.2, 0) is 16.0 Å². The second-order valence-corrected chi connectivity index (χ2v) is 8.71. The van der Waals surface area contributed by atoms with E-state index < -0.39 is 5.60 Å². The number of rotatable bonds is 3. The van der Waals surface area contributed by atoms with Crippen LogP contribution in [0.4, 0.5) is 4.79 Å². The number of Topliss-reactive ketones (excluding diaryl/α,β-unsaturated/α-hetero) is 1. The number of piperidine rings is 2. The van der Waals surface area contributed by atoms with Gasteiger partial charge in [-0.25, -0.2) is 4.79 Å². The minimum atomic E-state index is -0.491. The lowest BCUT2D eigenvalue weighted by molar-refractivity contribution is -0.126. The third-order valence-electron chi connectivity index (χ3n) is 5.34. The summed E-state index contributed by atoms with van der Waals surface area (Å²) in [5, 5.41) is 0. The Balaban J connectivity index is 1.67. The lowest BCUT2D eigenvalue weighted by atomic mass is 9.76. The molecule has 0 aromatic carbocycles. The first-order valence-electron chi connectivity index (χ1n) is 9.69. The SMILES string of the molecule is Cc1cccc(CC(=O)C2CC3CCCC(C2)N3C(=O)OC(C)(C)C)n1. The van der Waals surface area contributed by atoms with Crippen LogP contribution in [0.2, 0.25) is 0 Å². The highest BCUT2D eigenvalue weighted by molar-refractivity contribution is 5.83. The molecule has 3 heterocycles. The number of carbonyl (C=O) groups excluding carboxylic acids is 2. The Kier molecular flexibility index (Phi) is 5.35. The maximum absolute atomic E-state index is 12.8. The van der Waals surface area contributed by atoms with E-state index in [9.17, 15) is 9.59 Å². The molecule has 3 rings (SSSR count). The summed E-state index contributed by atoms with van der Waals surface area (Å²) in [4.78, 5) is 31.9. The van der Waals surface area contributed by atoms with Crippen LogP contribution in [-0.4, -0.2) is 39.4 Å². The summed E-state index contributed by atoms with van der Waals surface area (Å²) >= 11 is 0. The number of hydrogen-bond acceptors (Lipinski definition) is 4. The van der Waals surface area contributed by atoms with Gasteiger partial charge in [0.25, 0.3) is 0 Å². The topological polar surface area (TPSA) is 59.5 Å². The van der Waals surface area contributed by atoms with E-state index in [2.05, 4.69) is 4.98 Å². The zero-order valence-electron chi connectivity index (χ0n) is 16.3. The molecule has 0 radical (unpaired) electrons. The van der Waals surface area contributed by atoms with Crippen molar-refractivity contribution in [2.45, 2.75) is 83.9 Å². The highest BCUT2D eigenvalue weighted by Gasteiger charge is 2.44. The number of aromatic nitrogens is 1. The predicted octanol–water partition coefficient (Wildman–Crippen LogP) is 4.07. The average molecular weight is 358 g/mol. The third kappa shape index (κ3) is 4.43. The van der Waals surface area contributed by atoms with Crippen molar-refractivity contribution in [1.29, 1.82) is 0 Å². The van der Waals surface area contributed by atoms with Gasteiger partial charge in [-0.1, -0.05) is 6.07 Å². The van der Waals surface area contributed by atoms with Crippen molar-refractivity contribution in [3.05, 3.63) is 29.6 Å².